The molecular weight excluding hydrogens is 454 g/mol. The van der Waals surface area contributed by atoms with E-state index in [1.165, 1.54) is 11.6 Å². The maximum absolute atomic E-state index is 12.6. The highest BCUT2D eigenvalue weighted by Gasteiger charge is 2.21. The van der Waals surface area contributed by atoms with Gasteiger partial charge in [0, 0.05) is 24.2 Å². The molecule has 2 amide bonds. The number of amides is 2. The Morgan fingerprint density at radius 3 is 2.50 bits per heavy atom. The highest BCUT2D eigenvalue weighted by atomic mass is 16.3. The average molecular weight is 490 g/mol. The molecular formula is C29H35N3O4. The topological polar surface area (TPSA) is 111 Å². The zero-order valence-electron chi connectivity index (χ0n) is 20.8. The lowest BCUT2D eigenvalue weighted by molar-refractivity contribution is -0.105. The van der Waals surface area contributed by atoms with Crippen molar-refractivity contribution in [2.24, 2.45) is 0 Å². The van der Waals surface area contributed by atoms with Crippen LogP contribution in [0.3, 0.4) is 0 Å². The number of rotatable bonds is 13. The molecule has 3 aromatic carbocycles. The number of aryl methyl sites for hydroxylation is 1. The lowest BCUT2D eigenvalue weighted by Crippen LogP contribution is -2.43. The van der Waals surface area contributed by atoms with Crippen LogP contribution < -0.4 is 16.0 Å². The number of nitrogens with one attached hydrogen (secondary N) is 3. The molecule has 7 heteroatoms. The quantitative estimate of drug-likeness (QED) is 0.142. The van der Waals surface area contributed by atoms with Gasteiger partial charge in [-0.2, -0.15) is 0 Å². The van der Waals surface area contributed by atoms with Gasteiger partial charge in [0.25, 0.3) is 5.91 Å². The van der Waals surface area contributed by atoms with Gasteiger partial charge in [0.2, 0.25) is 6.41 Å². The highest BCUT2D eigenvalue weighted by molar-refractivity contribution is 5.94. The van der Waals surface area contributed by atoms with Crippen LogP contribution in [0.4, 0.5) is 5.69 Å². The fourth-order valence-electron chi connectivity index (χ4n) is 4.07. The van der Waals surface area contributed by atoms with E-state index >= 15 is 0 Å². The number of β-amino-alcohol motifs (C(OH)–C–C–N with tert-alkyl or cyclic N) is 1. The number of aliphatic hydroxyl groups excluding tert-OH is 1. The molecule has 0 heterocycles. The number of anilines is 1. The normalized spacial score (nSPS) is 12.1. The zero-order valence-corrected chi connectivity index (χ0v) is 20.8. The van der Waals surface area contributed by atoms with Gasteiger partial charge in [-0.05, 0) is 74.1 Å². The summed E-state index contributed by atoms with van der Waals surface area (Å²) in [5.41, 5.74) is 3.37. The second kappa shape index (κ2) is 12.9. The second-order valence-electron chi connectivity index (χ2n) is 9.54. The Bertz CT molecular complexity index is 1150. The molecule has 3 rings (SSSR count). The maximum atomic E-state index is 12.6. The van der Waals surface area contributed by atoms with Gasteiger partial charge in [-0.1, -0.05) is 48.5 Å². The summed E-state index contributed by atoms with van der Waals surface area (Å²) in [6.45, 7) is 4.96. The molecule has 3 aromatic rings. The molecule has 190 valence electrons. The predicted octanol–water partition coefficient (Wildman–Crippen LogP) is 3.97. The van der Waals surface area contributed by atoms with E-state index in [0.717, 1.165) is 18.4 Å². The molecule has 0 fully saturated rings. The summed E-state index contributed by atoms with van der Waals surface area (Å²) in [6, 6.07) is 22.4. The summed E-state index contributed by atoms with van der Waals surface area (Å²) in [7, 11) is 0. The summed E-state index contributed by atoms with van der Waals surface area (Å²) in [5, 5.41) is 29.2. The number of phenolic OH excluding ortho intramolecular Hbond substituents is 1. The van der Waals surface area contributed by atoms with Crippen molar-refractivity contribution in [2.75, 3.05) is 18.4 Å². The Labute approximate surface area is 212 Å². The van der Waals surface area contributed by atoms with Crippen LogP contribution in [0.2, 0.25) is 0 Å². The molecule has 0 unspecified atom stereocenters. The number of carbonyl (C=O) groups excluding carboxylic acids is 2. The van der Waals surface area contributed by atoms with Gasteiger partial charge in [0.05, 0.1) is 11.8 Å². The van der Waals surface area contributed by atoms with Crippen molar-refractivity contribution >= 4 is 18.0 Å². The van der Waals surface area contributed by atoms with Gasteiger partial charge in [0.15, 0.2) is 0 Å². The molecule has 0 spiro atoms. The van der Waals surface area contributed by atoms with E-state index < -0.39 is 6.10 Å². The van der Waals surface area contributed by atoms with E-state index in [4.69, 9.17) is 0 Å². The van der Waals surface area contributed by atoms with Crippen LogP contribution in [-0.4, -0.2) is 41.2 Å². The SMILES string of the molecule is CC(C)(Cc1cccc(C(=O)NCCCc2ccccc2)c1)NC[C@H](O)c1ccc(O)c(NC=O)c1. The molecule has 0 bridgehead atoms. The number of hydrogen-bond donors (Lipinski definition) is 5. The van der Waals surface area contributed by atoms with Crippen molar-refractivity contribution < 1.29 is 19.8 Å². The van der Waals surface area contributed by atoms with Crippen molar-refractivity contribution in [3.8, 4) is 5.75 Å². The van der Waals surface area contributed by atoms with Crippen LogP contribution in [0.25, 0.3) is 0 Å². The minimum Gasteiger partial charge on any atom is -0.506 e. The van der Waals surface area contributed by atoms with E-state index in [-0.39, 0.29) is 29.4 Å². The molecule has 7 nitrogen and oxygen atoms in total. The van der Waals surface area contributed by atoms with Gasteiger partial charge < -0.3 is 26.2 Å². The Morgan fingerprint density at radius 1 is 1.00 bits per heavy atom. The van der Waals surface area contributed by atoms with E-state index in [9.17, 15) is 19.8 Å². The van der Waals surface area contributed by atoms with Gasteiger partial charge in [-0.25, -0.2) is 0 Å². The van der Waals surface area contributed by atoms with Gasteiger partial charge in [0.1, 0.15) is 5.75 Å². The Balaban J connectivity index is 1.50. The van der Waals surface area contributed by atoms with Crippen molar-refractivity contribution in [3.05, 3.63) is 95.1 Å². The minimum atomic E-state index is -0.829. The van der Waals surface area contributed by atoms with E-state index in [1.54, 1.807) is 12.1 Å². The third-order valence-corrected chi connectivity index (χ3v) is 6.00. The van der Waals surface area contributed by atoms with Crippen LogP contribution in [0, 0.1) is 0 Å². The molecule has 0 aliphatic rings. The number of carbonyl (C=O) groups is 2. The molecule has 0 radical (unpaired) electrons. The second-order valence-corrected chi connectivity index (χ2v) is 9.54. The number of aliphatic hydroxyl groups is 1. The monoisotopic (exact) mass is 489 g/mol. The first-order valence-electron chi connectivity index (χ1n) is 12.1. The van der Waals surface area contributed by atoms with Crippen LogP contribution >= 0.6 is 0 Å². The first kappa shape index (κ1) is 26.9. The van der Waals surface area contributed by atoms with Gasteiger partial charge >= 0.3 is 0 Å². The molecule has 36 heavy (non-hydrogen) atoms. The van der Waals surface area contributed by atoms with E-state index in [0.29, 0.717) is 30.5 Å². The summed E-state index contributed by atoms with van der Waals surface area (Å²) in [5.74, 6) is -0.149. The third kappa shape index (κ3) is 8.22. The van der Waals surface area contributed by atoms with Crippen molar-refractivity contribution in [2.45, 2.75) is 44.8 Å². The number of benzene rings is 3. The highest BCUT2D eigenvalue weighted by Crippen LogP contribution is 2.27. The largest absolute Gasteiger partial charge is 0.506 e. The zero-order chi connectivity index (χ0) is 26.0. The molecule has 0 aliphatic carbocycles. The summed E-state index contributed by atoms with van der Waals surface area (Å²) in [4.78, 5) is 23.3. The predicted molar refractivity (Wildman–Crippen MR) is 142 cm³/mol. The fourth-order valence-corrected chi connectivity index (χ4v) is 4.07. The van der Waals surface area contributed by atoms with Crippen LogP contribution in [0.1, 0.15) is 53.4 Å². The molecule has 0 saturated carbocycles. The Morgan fingerprint density at radius 2 is 1.75 bits per heavy atom. The lowest BCUT2D eigenvalue weighted by atomic mass is 9.93. The van der Waals surface area contributed by atoms with Crippen LogP contribution in [-0.2, 0) is 17.6 Å². The summed E-state index contributed by atoms with van der Waals surface area (Å²) >= 11 is 0. The molecule has 5 N–H and O–H groups in total. The maximum Gasteiger partial charge on any atom is 0.251 e. The van der Waals surface area contributed by atoms with Gasteiger partial charge in [-0.15, -0.1) is 0 Å². The third-order valence-electron chi connectivity index (χ3n) is 6.00. The standard InChI is InChI=1S/C29H35N3O4/c1-29(2,32-19-27(35)23-13-14-26(34)25(17-23)31-20-33)18-22-10-6-12-24(16-22)28(36)30-15-7-11-21-8-4-3-5-9-21/h3-6,8-10,12-14,16-17,20,27,32,34-35H,7,11,15,18-19H2,1-2H3,(H,30,36)(H,31,33)/t27-/m0/s1. The first-order valence-corrected chi connectivity index (χ1v) is 12.1. The Kier molecular flexibility index (Phi) is 9.61. The molecule has 0 saturated heterocycles. The summed E-state index contributed by atoms with van der Waals surface area (Å²) < 4.78 is 0. The minimum absolute atomic E-state index is 0.0635. The van der Waals surface area contributed by atoms with Crippen LogP contribution in [0.15, 0.2) is 72.8 Å². The van der Waals surface area contributed by atoms with Crippen LogP contribution in [0.5, 0.6) is 5.75 Å². The Hall–Kier alpha value is -3.68. The van der Waals surface area contributed by atoms with Gasteiger partial charge in [-0.3, -0.25) is 9.59 Å². The average Bonchev–Trinajstić information content (AvgIpc) is 2.87. The molecule has 0 aromatic heterocycles. The van der Waals surface area contributed by atoms with E-state index in [2.05, 4.69) is 28.1 Å². The smallest absolute Gasteiger partial charge is 0.251 e. The van der Waals surface area contributed by atoms with Crippen molar-refractivity contribution in [1.82, 2.24) is 10.6 Å². The number of aromatic hydroxyl groups is 1. The molecule has 1 atom stereocenters. The van der Waals surface area contributed by atoms with E-state index in [1.807, 2.05) is 56.3 Å². The summed E-state index contributed by atoms with van der Waals surface area (Å²) in [6.07, 6.45) is 2.10. The first-order chi connectivity index (χ1) is 17.3. The van der Waals surface area contributed by atoms with Crippen molar-refractivity contribution in [1.29, 1.82) is 0 Å². The lowest BCUT2D eigenvalue weighted by Gasteiger charge is -2.28. The molecule has 0 aliphatic heterocycles. The number of phenols is 1. The fraction of sp³-hybridized carbons (Fsp3) is 0.310. The number of hydrogen-bond acceptors (Lipinski definition) is 5. The van der Waals surface area contributed by atoms with Crippen molar-refractivity contribution in [3.63, 3.8) is 0 Å².